The molecule has 1 fully saturated rings. The fourth-order valence-electron chi connectivity index (χ4n) is 3.10. The molecular weight excluding hydrogens is 222 g/mol. The van der Waals surface area contributed by atoms with Gasteiger partial charge in [0.05, 0.1) is 6.20 Å². The maximum atomic E-state index is 4.37. The van der Waals surface area contributed by atoms with Crippen molar-refractivity contribution in [1.29, 1.82) is 0 Å². The molecule has 0 bridgehead atoms. The average Bonchev–Trinajstić information content (AvgIpc) is 3.00. The first-order valence-corrected chi connectivity index (χ1v) is 7.50. The SMILES string of the molecule is CCCn1cc(CNCC2(CC)CCCC2)cn1. The molecule has 0 spiro atoms. The topological polar surface area (TPSA) is 29.9 Å². The zero-order valence-corrected chi connectivity index (χ0v) is 11.9. The largest absolute Gasteiger partial charge is 0.312 e. The number of hydrogen-bond donors (Lipinski definition) is 1. The van der Waals surface area contributed by atoms with Crippen LogP contribution in [0.3, 0.4) is 0 Å². The molecule has 1 N–H and O–H groups in total. The lowest BCUT2D eigenvalue weighted by molar-refractivity contribution is 0.268. The summed E-state index contributed by atoms with van der Waals surface area (Å²) in [5.74, 6) is 0. The van der Waals surface area contributed by atoms with Crippen molar-refractivity contribution in [3.63, 3.8) is 0 Å². The van der Waals surface area contributed by atoms with Crippen LogP contribution in [0.25, 0.3) is 0 Å². The Kier molecular flexibility index (Phi) is 4.81. The molecule has 2 rings (SSSR count). The van der Waals surface area contributed by atoms with Crippen molar-refractivity contribution in [2.24, 2.45) is 5.41 Å². The monoisotopic (exact) mass is 249 g/mol. The molecule has 1 heterocycles. The normalized spacial score (nSPS) is 18.3. The predicted molar refractivity (Wildman–Crippen MR) is 75.4 cm³/mol. The summed E-state index contributed by atoms with van der Waals surface area (Å²) in [6.45, 7) is 7.68. The third-order valence-corrected chi connectivity index (χ3v) is 4.38. The van der Waals surface area contributed by atoms with Gasteiger partial charge in [-0.2, -0.15) is 5.10 Å². The summed E-state index contributed by atoms with van der Waals surface area (Å²) in [4.78, 5) is 0. The van der Waals surface area contributed by atoms with Crippen LogP contribution in [0.1, 0.15) is 57.9 Å². The summed E-state index contributed by atoms with van der Waals surface area (Å²) < 4.78 is 2.04. The molecule has 0 atom stereocenters. The Morgan fingerprint density at radius 3 is 2.78 bits per heavy atom. The molecule has 0 saturated heterocycles. The van der Waals surface area contributed by atoms with Crippen molar-refractivity contribution in [1.82, 2.24) is 15.1 Å². The van der Waals surface area contributed by atoms with E-state index in [-0.39, 0.29) is 0 Å². The van der Waals surface area contributed by atoms with E-state index in [1.165, 1.54) is 44.2 Å². The van der Waals surface area contributed by atoms with Crippen LogP contribution >= 0.6 is 0 Å². The van der Waals surface area contributed by atoms with Gasteiger partial charge in [-0.1, -0.05) is 26.7 Å². The Hall–Kier alpha value is -0.830. The fraction of sp³-hybridized carbons (Fsp3) is 0.800. The molecule has 0 unspecified atom stereocenters. The Morgan fingerprint density at radius 2 is 2.11 bits per heavy atom. The van der Waals surface area contributed by atoms with Crippen LogP contribution < -0.4 is 5.32 Å². The Balaban J connectivity index is 1.76. The van der Waals surface area contributed by atoms with Gasteiger partial charge in [0.2, 0.25) is 0 Å². The van der Waals surface area contributed by atoms with Crippen molar-refractivity contribution >= 4 is 0 Å². The van der Waals surface area contributed by atoms with Crippen LogP contribution in [0.4, 0.5) is 0 Å². The summed E-state index contributed by atoms with van der Waals surface area (Å²) in [6.07, 6.45) is 12.3. The highest BCUT2D eigenvalue weighted by Gasteiger charge is 2.31. The van der Waals surface area contributed by atoms with Crippen molar-refractivity contribution in [3.05, 3.63) is 18.0 Å². The first kappa shape index (κ1) is 13.6. The molecule has 3 heteroatoms. The van der Waals surface area contributed by atoms with Gasteiger partial charge >= 0.3 is 0 Å². The zero-order valence-electron chi connectivity index (χ0n) is 11.9. The number of aromatic nitrogens is 2. The minimum Gasteiger partial charge on any atom is -0.312 e. The smallest absolute Gasteiger partial charge is 0.0534 e. The summed E-state index contributed by atoms with van der Waals surface area (Å²) in [6, 6.07) is 0. The van der Waals surface area contributed by atoms with Gasteiger partial charge < -0.3 is 5.32 Å². The Morgan fingerprint density at radius 1 is 1.33 bits per heavy atom. The molecule has 1 saturated carbocycles. The number of nitrogens with one attached hydrogen (secondary N) is 1. The molecule has 0 amide bonds. The number of nitrogens with zero attached hydrogens (tertiary/aromatic N) is 2. The van der Waals surface area contributed by atoms with Crippen LogP contribution in [0.5, 0.6) is 0 Å². The van der Waals surface area contributed by atoms with Crippen LogP contribution in [-0.2, 0) is 13.1 Å². The molecule has 1 aromatic rings. The second-order valence-corrected chi connectivity index (χ2v) is 5.78. The lowest BCUT2D eigenvalue weighted by Crippen LogP contribution is -2.31. The molecule has 0 radical (unpaired) electrons. The number of hydrogen-bond acceptors (Lipinski definition) is 2. The van der Waals surface area contributed by atoms with E-state index in [2.05, 4.69) is 30.5 Å². The third-order valence-electron chi connectivity index (χ3n) is 4.38. The quantitative estimate of drug-likeness (QED) is 0.803. The highest BCUT2D eigenvalue weighted by molar-refractivity contribution is 5.03. The maximum absolute atomic E-state index is 4.37. The molecule has 3 nitrogen and oxygen atoms in total. The molecule has 1 aliphatic carbocycles. The van der Waals surface area contributed by atoms with Crippen LogP contribution in [-0.4, -0.2) is 16.3 Å². The van der Waals surface area contributed by atoms with Crippen LogP contribution in [0.2, 0.25) is 0 Å². The lowest BCUT2D eigenvalue weighted by atomic mass is 9.83. The van der Waals surface area contributed by atoms with Crippen molar-refractivity contribution in [2.75, 3.05) is 6.54 Å². The van der Waals surface area contributed by atoms with E-state index < -0.39 is 0 Å². The van der Waals surface area contributed by atoms with Crippen LogP contribution in [0.15, 0.2) is 12.4 Å². The second-order valence-electron chi connectivity index (χ2n) is 5.78. The fourth-order valence-corrected chi connectivity index (χ4v) is 3.10. The van der Waals surface area contributed by atoms with E-state index >= 15 is 0 Å². The van der Waals surface area contributed by atoms with E-state index in [0.29, 0.717) is 5.41 Å². The minimum atomic E-state index is 0.583. The highest BCUT2D eigenvalue weighted by atomic mass is 15.3. The summed E-state index contributed by atoms with van der Waals surface area (Å²) in [7, 11) is 0. The standard InChI is InChI=1S/C15H27N3/c1-3-9-18-12-14(11-17-18)10-16-13-15(4-2)7-5-6-8-15/h11-12,16H,3-10,13H2,1-2H3. The molecule has 0 aromatic carbocycles. The van der Waals surface area contributed by atoms with Crippen molar-refractivity contribution in [3.8, 4) is 0 Å². The van der Waals surface area contributed by atoms with Gasteiger partial charge in [-0.25, -0.2) is 0 Å². The average molecular weight is 249 g/mol. The second kappa shape index (κ2) is 6.37. The van der Waals surface area contributed by atoms with E-state index in [0.717, 1.165) is 19.5 Å². The molecule has 1 aliphatic rings. The van der Waals surface area contributed by atoms with E-state index in [4.69, 9.17) is 0 Å². The molecule has 102 valence electrons. The zero-order chi connectivity index (χ0) is 12.8. The van der Waals surface area contributed by atoms with Gasteiger partial charge in [0.25, 0.3) is 0 Å². The Bertz CT molecular complexity index is 350. The van der Waals surface area contributed by atoms with Gasteiger partial charge in [-0.3, -0.25) is 4.68 Å². The van der Waals surface area contributed by atoms with Gasteiger partial charge in [-0.15, -0.1) is 0 Å². The van der Waals surface area contributed by atoms with Gasteiger partial charge in [-0.05, 0) is 31.1 Å². The summed E-state index contributed by atoms with van der Waals surface area (Å²) in [5.41, 5.74) is 1.90. The number of aryl methyl sites for hydroxylation is 1. The van der Waals surface area contributed by atoms with Crippen molar-refractivity contribution < 1.29 is 0 Å². The molecular formula is C15H27N3. The lowest BCUT2D eigenvalue weighted by Gasteiger charge is -2.27. The highest BCUT2D eigenvalue weighted by Crippen LogP contribution is 2.40. The number of rotatable bonds is 7. The maximum Gasteiger partial charge on any atom is 0.0534 e. The van der Waals surface area contributed by atoms with Gasteiger partial charge in [0.15, 0.2) is 0 Å². The molecule has 18 heavy (non-hydrogen) atoms. The predicted octanol–water partition coefficient (Wildman–Crippen LogP) is 3.35. The van der Waals surface area contributed by atoms with Gasteiger partial charge in [0.1, 0.15) is 0 Å². The van der Waals surface area contributed by atoms with E-state index in [9.17, 15) is 0 Å². The van der Waals surface area contributed by atoms with Gasteiger partial charge in [0, 0.05) is 31.4 Å². The van der Waals surface area contributed by atoms with E-state index in [1.807, 2.05) is 10.9 Å². The molecule has 1 aromatic heterocycles. The summed E-state index contributed by atoms with van der Waals surface area (Å²) >= 11 is 0. The van der Waals surface area contributed by atoms with Crippen LogP contribution in [0, 0.1) is 5.41 Å². The summed E-state index contributed by atoms with van der Waals surface area (Å²) in [5, 5.41) is 8.01. The first-order chi connectivity index (χ1) is 8.78. The first-order valence-electron chi connectivity index (χ1n) is 7.50. The van der Waals surface area contributed by atoms with E-state index in [1.54, 1.807) is 0 Å². The minimum absolute atomic E-state index is 0.583. The Labute approximate surface area is 111 Å². The molecule has 0 aliphatic heterocycles. The third kappa shape index (κ3) is 3.35. The van der Waals surface area contributed by atoms with Crippen molar-refractivity contribution in [2.45, 2.75) is 65.5 Å².